The van der Waals surface area contributed by atoms with Crippen molar-refractivity contribution in [3.63, 3.8) is 0 Å². The molecule has 202 valence electrons. The summed E-state index contributed by atoms with van der Waals surface area (Å²) in [4.78, 5) is 17.0. The molecule has 0 aliphatic carbocycles. The topological polar surface area (TPSA) is 69.7 Å². The Morgan fingerprint density at radius 3 is 2.05 bits per heavy atom. The number of halogens is 3. The van der Waals surface area contributed by atoms with E-state index >= 15 is 0 Å². The number of hydrogen-bond acceptors (Lipinski definition) is 4. The molecule has 0 atom stereocenters. The van der Waals surface area contributed by atoms with Crippen LogP contribution in [0.1, 0.15) is 38.2 Å². The summed E-state index contributed by atoms with van der Waals surface area (Å²) < 4.78 is 68.9. The Balaban J connectivity index is 1.53. The van der Waals surface area contributed by atoms with Crippen molar-refractivity contribution >= 4 is 27.3 Å². The van der Waals surface area contributed by atoms with Gasteiger partial charge in [0.15, 0.2) is 0 Å². The average molecular weight is 546 g/mol. The van der Waals surface area contributed by atoms with Crippen LogP contribution in [0.3, 0.4) is 0 Å². The largest absolute Gasteiger partial charge is 0.416 e. The number of aryl methyl sites for hydroxylation is 2. The molecule has 1 fully saturated rings. The molecule has 3 aromatic rings. The van der Waals surface area contributed by atoms with E-state index in [0.717, 1.165) is 23.3 Å². The second-order valence-corrected chi connectivity index (χ2v) is 11.2. The highest BCUT2D eigenvalue weighted by Crippen LogP contribution is 2.32. The van der Waals surface area contributed by atoms with Gasteiger partial charge in [-0.25, -0.2) is 8.42 Å². The number of nitrogens with one attached hydrogen (secondary N) is 1. The van der Waals surface area contributed by atoms with Gasteiger partial charge in [0.1, 0.15) is 0 Å². The Hall–Kier alpha value is -3.53. The molecule has 38 heavy (non-hydrogen) atoms. The van der Waals surface area contributed by atoms with Crippen molar-refractivity contribution < 1.29 is 26.4 Å². The molecule has 1 aliphatic rings. The predicted octanol–water partition coefficient (Wildman–Crippen LogP) is 5.70. The maximum atomic E-state index is 13.5. The number of para-hydroxylation sites is 1. The maximum absolute atomic E-state index is 13.5. The van der Waals surface area contributed by atoms with Gasteiger partial charge in [0.25, 0.3) is 15.9 Å². The highest BCUT2D eigenvalue weighted by Gasteiger charge is 2.32. The van der Waals surface area contributed by atoms with Crippen LogP contribution in [0.4, 0.5) is 24.5 Å². The van der Waals surface area contributed by atoms with Crippen LogP contribution >= 0.6 is 0 Å². The summed E-state index contributed by atoms with van der Waals surface area (Å²) in [6.45, 7) is 8.50. The third kappa shape index (κ3) is 5.50. The van der Waals surface area contributed by atoms with Gasteiger partial charge in [-0.3, -0.25) is 9.52 Å². The fourth-order valence-corrected chi connectivity index (χ4v) is 6.45. The Morgan fingerprint density at radius 1 is 0.842 bits per heavy atom. The lowest BCUT2D eigenvalue weighted by Gasteiger charge is -2.36. The number of piperazine rings is 1. The highest BCUT2D eigenvalue weighted by atomic mass is 32.2. The molecule has 1 N–H and O–H groups in total. The summed E-state index contributed by atoms with van der Waals surface area (Å²) in [5.74, 6) is -0.346. The molecule has 3 aromatic carbocycles. The first-order valence-corrected chi connectivity index (χ1v) is 13.7. The Kier molecular flexibility index (Phi) is 7.47. The van der Waals surface area contributed by atoms with E-state index in [1.54, 1.807) is 54.0 Å². The van der Waals surface area contributed by atoms with Gasteiger partial charge >= 0.3 is 6.18 Å². The van der Waals surface area contributed by atoms with Crippen molar-refractivity contribution in [3.05, 3.63) is 88.0 Å². The van der Waals surface area contributed by atoms with Crippen molar-refractivity contribution in [2.75, 3.05) is 35.8 Å². The molecular weight excluding hydrogens is 515 g/mol. The number of carbonyl (C=O) groups is 1. The molecule has 1 heterocycles. The van der Waals surface area contributed by atoms with E-state index in [-0.39, 0.29) is 35.1 Å². The lowest BCUT2D eigenvalue weighted by atomic mass is 10.0. The summed E-state index contributed by atoms with van der Waals surface area (Å²) in [5.41, 5.74) is 3.13. The summed E-state index contributed by atoms with van der Waals surface area (Å²) in [6, 6.07) is 13.5. The molecule has 0 radical (unpaired) electrons. The summed E-state index contributed by atoms with van der Waals surface area (Å²) >= 11 is 0. The molecule has 4 rings (SSSR count). The fourth-order valence-electron chi connectivity index (χ4n) is 4.76. The van der Waals surface area contributed by atoms with Crippen LogP contribution in [-0.2, 0) is 16.2 Å². The molecule has 0 aromatic heterocycles. The quantitative estimate of drug-likeness (QED) is 0.447. The van der Waals surface area contributed by atoms with E-state index in [0.29, 0.717) is 29.9 Å². The molecule has 0 bridgehead atoms. The van der Waals surface area contributed by atoms with Crippen molar-refractivity contribution in [1.82, 2.24) is 4.90 Å². The van der Waals surface area contributed by atoms with E-state index in [9.17, 15) is 26.4 Å². The molecule has 1 saturated heterocycles. The molecule has 6 nitrogen and oxygen atoms in total. The number of alkyl halides is 3. The third-order valence-electron chi connectivity index (χ3n) is 7.07. The molecule has 0 unspecified atom stereocenters. The van der Waals surface area contributed by atoms with E-state index < -0.39 is 21.8 Å². The van der Waals surface area contributed by atoms with Crippen molar-refractivity contribution in [2.45, 2.75) is 38.8 Å². The third-order valence-corrected chi connectivity index (χ3v) is 8.71. The van der Waals surface area contributed by atoms with E-state index in [2.05, 4.69) is 4.72 Å². The number of carbonyl (C=O) groups excluding carboxylic acids is 1. The van der Waals surface area contributed by atoms with Gasteiger partial charge < -0.3 is 9.80 Å². The number of benzene rings is 3. The van der Waals surface area contributed by atoms with Crippen molar-refractivity contribution in [1.29, 1.82) is 0 Å². The lowest BCUT2D eigenvalue weighted by Crippen LogP contribution is -2.49. The Labute approximate surface area is 221 Å². The van der Waals surface area contributed by atoms with Crippen LogP contribution in [0.5, 0.6) is 0 Å². The highest BCUT2D eigenvalue weighted by molar-refractivity contribution is 7.92. The van der Waals surface area contributed by atoms with Gasteiger partial charge in [-0.05, 0) is 80.3 Å². The van der Waals surface area contributed by atoms with Gasteiger partial charge in [-0.2, -0.15) is 13.2 Å². The van der Waals surface area contributed by atoms with Crippen LogP contribution in [0.2, 0.25) is 0 Å². The number of hydrogen-bond donors (Lipinski definition) is 1. The van der Waals surface area contributed by atoms with Crippen molar-refractivity contribution in [2.24, 2.45) is 0 Å². The van der Waals surface area contributed by atoms with E-state index in [4.69, 9.17) is 0 Å². The van der Waals surface area contributed by atoms with E-state index in [1.807, 2.05) is 19.9 Å². The normalized spacial score (nSPS) is 14.5. The number of amides is 1. The molecule has 0 saturated carbocycles. The van der Waals surface area contributed by atoms with E-state index in [1.165, 1.54) is 6.07 Å². The molecule has 1 aliphatic heterocycles. The second-order valence-electron chi connectivity index (χ2n) is 9.57. The average Bonchev–Trinajstić information content (AvgIpc) is 2.87. The lowest BCUT2D eigenvalue weighted by molar-refractivity contribution is -0.137. The summed E-state index contributed by atoms with van der Waals surface area (Å²) in [7, 11) is -3.99. The van der Waals surface area contributed by atoms with Gasteiger partial charge in [-0.15, -0.1) is 0 Å². The first kappa shape index (κ1) is 27.5. The zero-order chi connectivity index (χ0) is 27.8. The second kappa shape index (κ2) is 10.3. The minimum atomic E-state index is -4.43. The number of rotatable bonds is 5. The SMILES string of the molecule is Cc1cc(C)c(C)c(S(=O)(=O)Nc2ccccc2C(=O)N2CCN(c3cccc(C(F)(F)F)c3)CC2)c1C. The zero-order valence-electron chi connectivity index (χ0n) is 21.7. The first-order valence-electron chi connectivity index (χ1n) is 12.2. The molecular formula is C28H30F3N3O3S. The van der Waals surface area contributed by atoms with Crippen molar-refractivity contribution in [3.8, 4) is 0 Å². The zero-order valence-corrected chi connectivity index (χ0v) is 22.5. The predicted molar refractivity (Wildman–Crippen MR) is 142 cm³/mol. The summed E-state index contributed by atoms with van der Waals surface area (Å²) in [5, 5.41) is 0. The van der Waals surface area contributed by atoms with Crippen LogP contribution < -0.4 is 9.62 Å². The standard InChI is InChI=1S/C28H30F3N3O3S/c1-18-16-19(2)21(4)26(20(18)3)38(36,37)32-25-11-6-5-10-24(25)27(35)34-14-12-33(13-15-34)23-9-7-8-22(17-23)28(29,30)31/h5-11,16-17,32H,12-15H2,1-4H3. The van der Waals surface area contributed by atoms with Gasteiger partial charge in [0, 0.05) is 31.9 Å². The maximum Gasteiger partial charge on any atom is 0.416 e. The minimum Gasteiger partial charge on any atom is -0.368 e. The Morgan fingerprint density at radius 2 is 1.45 bits per heavy atom. The number of sulfonamides is 1. The van der Waals surface area contributed by atoms with Gasteiger partial charge in [-0.1, -0.05) is 24.3 Å². The van der Waals surface area contributed by atoms with Crippen LogP contribution in [0, 0.1) is 27.7 Å². The van der Waals surface area contributed by atoms with Gasteiger partial charge in [0.05, 0.1) is 21.7 Å². The van der Waals surface area contributed by atoms with Crippen LogP contribution in [0.25, 0.3) is 0 Å². The van der Waals surface area contributed by atoms with Gasteiger partial charge in [0.2, 0.25) is 0 Å². The number of anilines is 2. The Bertz CT molecular complexity index is 1450. The minimum absolute atomic E-state index is 0.177. The van der Waals surface area contributed by atoms with Crippen LogP contribution in [0.15, 0.2) is 59.5 Å². The molecule has 0 spiro atoms. The fraction of sp³-hybridized carbons (Fsp3) is 0.321. The monoisotopic (exact) mass is 545 g/mol. The summed E-state index contributed by atoms with van der Waals surface area (Å²) in [6.07, 6.45) is -4.43. The van der Waals surface area contributed by atoms with Crippen LogP contribution in [-0.4, -0.2) is 45.4 Å². The number of nitrogens with zero attached hydrogens (tertiary/aromatic N) is 2. The first-order chi connectivity index (χ1) is 17.8. The molecule has 10 heteroatoms. The smallest absolute Gasteiger partial charge is 0.368 e. The molecule has 1 amide bonds.